The van der Waals surface area contributed by atoms with Gasteiger partial charge in [0.25, 0.3) is 0 Å². The van der Waals surface area contributed by atoms with Crippen LogP contribution in [0.15, 0.2) is 22.7 Å². The largest absolute Gasteiger partial charge is 0.392 e. The summed E-state index contributed by atoms with van der Waals surface area (Å²) in [4.78, 5) is 2.41. The van der Waals surface area contributed by atoms with E-state index in [1.165, 1.54) is 31.4 Å². The van der Waals surface area contributed by atoms with Gasteiger partial charge < -0.3 is 10.0 Å². The zero-order valence-corrected chi connectivity index (χ0v) is 11.0. The number of benzene rings is 1. The molecule has 1 aliphatic heterocycles. The van der Waals surface area contributed by atoms with E-state index in [-0.39, 0.29) is 6.61 Å². The van der Waals surface area contributed by atoms with Crippen LogP contribution in [0.5, 0.6) is 0 Å². The predicted molar refractivity (Wildman–Crippen MR) is 70.7 cm³/mol. The van der Waals surface area contributed by atoms with E-state index in [4.69, 9.17) is 0 Å². The van der Waals surface area contributed by atoms with Crippen molar-refractivity contribution in [2.45, 2.75) is 32.3 Å². The van der Waals surface area contributed by atoms with Gasteiger partial charge in [0.15, 0.2) is 0 Å². The van der Waals surface area contributed by atoms with Crippen LogP contribution in [0, 0.1) is 0 Å². The first kappa shape index (κ1) is 11.9. The van der Waals surface area contributed by atoms with Crippen molar-refractivity contribution in [2.75, 3.05) is 18.0 Å². The van der Waals surface area contributed by atoms with Crippen molar-refractivity contribution in [3.05, 3.63) is 28.2 Å². The Labute approximate surface area is 105 Å². The molecule has 0 spiro atoms. The lowest BCUT2D eigenvalue weighted by Gasteiger charge is -2.25. The van der Waals surface area contributed by atoms with Crippen LogP contribution in [0.1, 0.15) is 31.2 Å². The number of rotatable bonds is 2. The number of hydrogen-bond donors (Lipinski definition) is 1. The van der Waals surface area contributed by atoms with Gasteiger partial charge in [-0.3, -0.25) is 0 Å². The lowest BCUT2D eigenvalue weighted by molar-refractivity contribution is 0.282. The number of aliphatic hydroxyl groups excluding tert-OH is 1. The fourth-order valence-corrected chi connectivity index (χ4v) is 2.63. The summed E-state index contributed by atoms with van der Waals surface area (Å²) in [5.41, 5.74) is 2.23. The molecule has 1 aromatic rings. The number of aliphatic hydroxyl groups is 1. The Balaban J connectivity index is 2.25. The molecule has 0 atom stereocenters. The molecule has 1 heterocycles. The highest BCUT2D eigenvalue weighted by molar-refractivity contribution is 9.10. The van der Waals surface area contributed by atoms with Crippen LogP contribution < -0.4 is 4.90 Å². The average Bonchev–Trinajstić information content (AvgIpc) is 2.57. The molecular weight excluding hydrogens is 266 g/mol. The third kappa shape index (κ3) is 2.77. The van der Waals surface area contributed by atoms with Crippen LogP contribution in [0.3, 0.4) is 0 Å². The minimum absolute atomic E-state index is 0.124. The van der Waals surface area contributed by atoms with Crippen LogP contribution in [0.25, 0.3) is 0 Å². The van der Waals surface area contributed by atoms with Gasteiger partial charge in [-0.05, 0) is 25.0 Å². The fourth-order valence-electron chi connectivity index (χ4n) is 2.28. The summed E-state index contributed by atoms with van der Waals surface area (Å²) in [6.45, 7) is 2.35. The second kappa shape index (κ2) is 5.69. The normalized spacial score (nSPS) is 17.2. The van der Waals surface area contributed by atoms with Gasteiger partial charge in [-0.1, -0.05) is 34.8 Å². The van der Waals surface area contributed by atoms with E-state index in [0.717, 1.165) is 23.1 Å². The third-order valence-electron chi connectivity index (χ3n) is 3.16. The molecule has 0 bridgehead atoms. The van der Waals surface area contributed by atoms with Crippen molar-refractivity contribution in [3.63, 3.8) is 0 Å². The quantitative estimate of drug-likeness (QED) is 0.900. The van der Waals surface area contributed by atoms with E-state index >= 15 is 0 Å². The zero-order valence-electron chi connectivity index (χ0n) is 9.45. The predicted octanol–water partition coefficient (Wildman–Crippen LogP) is 3.32. The second-order valence-electron chi connectivity index (χ2n) is 4.33. The highest BCUT2D eigenvalue weighted by Gasteiger charge is 2.13. The molecule has 88 valence electrons. The molecule has 0 aliphatic carbocycles. The molecule has 1 aromatic carbocycles. The number of halogens is 1. The maximum atomic E-state index is 9.37. The molecular formula is C13H18BrNO. The van der Waals surface area contributed by atoms with Crippen molar-refractivity contribution in [2.24, 2.45) is 0 Å². The van der Waals surface area contributed by atoms with Gasteiger partial charge in [0, 0.05) is 28.8 Å². The molecule has 0 saturated carbocycles. The van der Waals surface area contributed by atoms with E-state index in [9.17, 15) is 5.11 Å². The van der Waals surface area contributed by atoms with Gasteiger partial charge in [0.1, 0.15) is 0 Å². The molecule has 0 aromatic heterocycles. The van der Waals surface area contributed by atoms with Crippen molar-refractivity contribution in [1.82, 2.24) is 0 Å². The minimum Gasteiger partial charge on any atom is -0.392 e. The Hall–Kier alpha value is -0.540. The molecule has 0 amide bonds. The van der Waals surface area contributed by atoms with E-state index in [1.54, 1.807) is 0 Å². The molecule has 1 saturated heterocycles. The maximum Gasteiger partial charge on any atom is 0.0702 e. The molecule has 2 nitrogen and oxygen atoms in total. The summed E-state index contributed by atoms with van der Waals surface area (Å²) in [6.07, 6.45) is 5.19. The van der Waals surface area contributed by atoms with Gasteiger partial charge in [-0.15, -0.1) is 0 Å². The summed E-state index contributed by atoms with van der Waals surface area (Å²) in [5, 5.41) is 9.37. The lowest BCUT2D eigenvalue weighted by Crippen LogP contribution is -2.25. The average molecular weight is 284 g/mol. The molecule has 1 N–H and O–H groups in total. The molecule has 0 unspecified atom stereocenters. The minimum atomic E-state index is 0.124. The SMILES string of the molecule is OCc1ccc(Br)cc1N1CCCCCC1. The Morgan fingerprint density at radius 2 is 1.81 bits per heavy atom. The highest BCUT2D eigenvalue weighted by atomic mass is 79.9. The Bertz CT molecular complexity index is 346. The van der Waals surface area contributed by atoms with Gasteiger partial charge >= 0.3 is 0 Å². The van der Waals surface area contributed by atoms with Crippen LogP contribution in [0.2, 0.25) is 0 Å². The smallest absolute Gasteiger partial charge is 0.0702 e. The molecule has 16 heavy (non-hydrogen) atoms. The first-order valence-electron chi connectivity index (χ1n) is 5.95. The zero-order chi connectivity index (χ0) is 11.4. The Morgan fingerprint density at radius 1 is 1.12 bits per heavy atom. The monoisotopic (exact) mass is 283 g/mol. The van der Waals surface area contributed by atoms with Crippen LogP contribution in [-0.2, 0) is 6.61 Å². The Kier molecular flexibility index (Phi) is 4.24. The van der Waals surface area contributed by atoms with Gasteiger partial charge in [0.2, 0.25) is 0 Å². The number of nitrogens with zero attached hydrogens (tertiary/aromatic N) is 1. The van der Waals surface area contributed by atoms with Crippen LogP contribution in [0.4, 0.5) is 5.69 Å². The van der Waals surface area contributed by atoms with Crippen molar-refractivity contribution in [1.29, 1.82) is 0 Å². The summed E-state index contributed by atoms with van der Waals surface area (Å²) >= 11 is 3.50. The van der Waals surface area contributed by atoms with Crippen LogP contribution >= 0.6 is 15.9 Å². The summed E-state index contributed by atoms with van der Waals surface area (Å²) in [5.74, 6) is 0. The lowest BCUT2D eigenvalue weighted by atomic mass is 10.1. The standard InChI is InChI=1S/C13H18BrNO/c14-12-6-5-11(10-16)13(9-12)15-7-3-1-2-4-8-15/h5-6,9,16H,1-4,7-8,10H2. The molecule has 3 heteroatoms. The van der Waals surface area contributed by atoms with E-state index < -0.39 is 0 Å². The summed E-state index contributed by atoms with van der Waals surface area (Å²) < 4.78 is 1.09. The number of anilines is 1. The van der Waals surface area contributed by atoms with Crippen molar-refractivity contribution >= 4 is 21.6 Å². The Morgan fingerprint density at radius 3 is 2.44 bits per heavy atom. The molecule has 2 rings (SSSR count). The van der Waals surface area contributed by atoms with E-state index in [2.05, 4.69) is 26.9 Å². The van der Waals surface area contributed by atoms with E-state index in [1.807, 2.05) is 12.1 Å². The first-order chi connectivity index (χ1) is 7.81. The van der Waals surface area contributed by atoms with Gasteiger partial charge in [-0.2, -0.15) is 0 Å². The van der Waals surface area contributed by atoms with Gasteiger partial charge in [0.05, 0.1) is 6.61 Å². The molecule has 1 aliphatic rings. The first-order valence-corrected chi connectivity index (χ1v) is 6.75. The summed E-state index contributed by atoms with van der Waals surface area (Å²) in [7, 11) is 0. The van der Waals surface area contributed by atoms with Gasteiger partial charge in [-0.25, -0.2) is 0 Å². The summed E-state index contributed by atoms with van der Waals surface area (Å²) in [6, 6.07) is 6.12. The van der Waals surface area contributed by atoms with Crippen molar-refractivity contribution in [3.8, 4) is 0 Å². The molecule has 1 fully saturated rings. The molecule has 0 radical (unpaired) electrons. The van der Waals surface area contributed by atoms with Crippen molar-refractivity contribution < 1.29 is 5.11 Å². The topological polar surface area (TPSA) is 23.5 Å². The third-order valence-corrected chi connectivity index (χ3v) is 3.66. The number of hydrogen-bond acceptors (Lipinski definition) is 2. The van der Waals surface area contributed by atoms with Crippen LogP contribution in [-0.4, -0.2) is 18.2 Å². The maximum absolute atomic E-state index is 9.37. The second-order valence-corrected chi connectivity index (χ2v) is 5.25. The highest BCUT2D eigenvalue weighted by Crippen LogP contribution is 2.27. The fraction of sp³-hybridized carbons (Fsp3) is 0.538. The van der Waals surface area contributed by atoms with E-state index in [0.29, 0.717) is 0 Å².